The smallest absolute Gasteiger partial charge is 0.263 e. The Balaban J connectivity index is 1.17. The molecule has 1 aliphatic heterocycles. The highest BCUT2D eigenvalue weighted by Crippen LogP contribution is 2.26. The lowest BCUT2D eigenvalue weighted by Gasteiger charge is -2.34. The average Bonchev–Trinajstić information content (AvgIpc) is 3.49. The predicted molar refractivity (Wildman–Crippen MR) is 134 cm³/mol. The normalized spacial score (nSPS) is 15.3. The van der Waals surface area contributed by atoms with Crippen molar-refractivity contribution in [1.29, 1.82) is 0 Å². The van der Waals surface area contributed by atoms with Gasteiger partial charge in [-0.1, -0.05) is 6.92 Å². The fraction of sp³-hybridized carbons (Fsp3) is 0.375. The molecule has 3 aromatic heterocycles. The minimum atomic E-state index is 0.0620. The zero-order chi connectivity index (χ0) is 22.8. The van der Waals surface area contributed by atoms with E-state index in [-0.39, 0.29) is 5.56 Å². The maximum atomic E-state index is 12.9. The molecule has 0 unspecified atom stereocenters. The van der Waals surface area contributed by atoms with Crippen molar-refractivity contribution in [2.45, 2.75) is 26.6 Å². The van der Waals surface area contributed by atoms with Crippen molar-refractivity contribution in [2.75, 3.05) is 33.3 Å². The Morgan fingerprint density at radius 2 is 1.85 bits per heavy atom. The van der Waals surface area contributed by atoms with E-state index in [1.54, 1.807) is 40.7 Å². The van der Waals surface area contributed by atoms with Gasteiger partial charge in [0.2, 0.25) is 0 Å². The number of nitrogens with zero attached hydrogens (tertiary/aromatic N) is 5. The number of thiazole rings is 1. The third kappa shape index (κ3) is 4.86. The third-order valence-corrected chi connectivity index (χ3v) is 8.14. The lowest BCUT2D eigenvalue weighted by Crippen LogP contribution is -2.47. The van der Waals surface area contributed by atoms with Gasteiger partial charge in [0.15, 0.2) is 0 Å². The number of hydrogen-bond donors (Lipinski definition) is 0. The van der Waals surface area contributed by atoms with Crippen molar-refractivity contribution in [3.05, 3.63) is 63.0 Å². The molecule has 0 aliphatic carbocycles. The quantitative estimate of drug-likeness (QED) is 0.399. The number of ether oxygens (including phenoxy) is 1. The van der Waals surface area contributed by atoms with Gasteiger partial charge in [-0.2, -0.15) is 0 Å². The molecule has 0 N–H and O–H groups in total. The summed E-state index contributed by atoms with van der Waals surface area (Å²) in [5.74, 6) is 0.854. The Bertz CT molecular complexity index is 1290. The zero-order valence-corrected chi connectivity index (χ0v) is 20.5. The summed E-state index contributed by atoms with van der Waals surface area (Å²) in [6.45, 7) is 7.30. The molecule has 0 spiro atoms. The standard InChI is InChI=1S/C24H27N5O2S2/c1-3-20-12-21-23(33-20)25-15-29(24(21)30)16-28-10-8-27(9-11-28)13-18-14-32-22(26-18)17-4-6-19(31-2)7-5-17/h4-7,12,14-15H,3,8-11,13,16H2,1-2H3. The number of thiophene rings is 1. The number of hydrogen-bond acceptors (Lipinski definition) is 8. The first-order valence-electron chi connectivity index (χ1n) is 11.1. The summed E-state index contributed by atoms with van der Waals surface area (Å²) in [6, 6.07) is 10.0. The second kappa shape index (κ2) is 9.72. The first-order chi connectivity index (χ1) is 16.1. The van der Waals surface area contributed by atoms with Gasteiger partial charge in [0.05, 0.1) is 24.9 Å². The van der Waals surface area contributed by atoms with Gasteiger partial charge < -0.3 is 4.74 Å². The van der Waals surface area contributed by atoms with Crippen LogP contribution in [0.15, 0.2) is 46.8 Å². The van der Waals surface area contributed by atoms with Crippen LogP contribution in [0.25, 0.3) is 20.8 Å². The van der Waals surface area contributed by atoms with Gasteiger partial charge in [0.25, 0.3) is 5.56 Å². The summed E-state index contributed by atoms with van der Waals surface area (Å²) in [6.07, 6.45) is 2.63. The summed E-state index contributed by atoms with van der Waals surface area (Å²) in [7, 11) is 1.68. The topological polar surface area (TPSA) is 63.5 Å². The molecule has 1 aliphatic rings. The molecule has 0 amide bonds. The van der Waals surface area contributed by atoms with Crippen molar-refractivity contribution in [1.82, 2.24) is 24.3 Å². The highest BCUT2D eigenvalue weighted by atomic mass is 32.1. The van der Waals surface area contributed by atoms with E-state index in [1.807, 2.05) is 30.3 Å². The van der Waals surface area contributed by atoms with Crippen molar-refractivity contribution in [3.8, 4) is 16.3 Å². The van der Waals surface area contributed by atoms with Crippen molar-refractivity contribution >= 4 is 32.9 Å². The van der Waals surface area contributed by atoms with Crippen LogP contribution in [0.2, 0.25) is 0 Å². The van der Waals surface area contributed by atoms with Crippen molar-refractivity contribution in [3.63, 3.8) is 0 Å². The molecule has 0 bridgehead atoms. The van der Waals surface area contributed by atoms with E-state index >= 15 is 0 Å². The van der Waals surface area contributed by atoms with Gasteiger partial charge in [-0.15, -0.1) is 22.7 Å². The van der Waals surface area contributed by atoms with Crippen LogP contribution in [0.5, 0.6) is 5.75 Å². The van der Waals surface area contributed by atoms with E-state index in [4.69, 9.17) is 9.72 Å². The molecule has 33 heavy (non-hydrogen) atoms. The molecule has 0 saturated carbocycles. The van der Waals surface area contributed by atoms with E-state index in [9.17, 15) is 4.79 Å². The number of aryl methyl sites for hydroxylation is 1. The summed E-state index contributed by atoms with van der Waals surface area (Å²) < 4.78 is 6.98. The predicted octanol–water partition coefficient (Wildman–Crippen LogP) is 3.93. The second-order valence-electron chi connectivity index (χ2n) is 8.21. The Hall–Kier alpha value is -2.59. The minimum absolute atomic E-state index is 0.0620. The summed E-state index contributed by atoms with van der Waals surface area (Å²) in [5.41, 5.74) is 2.28. The maximum absolute atomic E-state index is 12.9. The van der Waals surface area contributed by atoms with Crippen LogP contribution in [0.1, 0.15) is 17.5 Å². The molecule has 0 atom stereocenters. The third-order valence-electron chi connectivity index (χ3n) is 6.01. The first kappa shape index (κ1) is 22.2. The second-order valence-corrected chi connectivity index (χ2v) is 10.2. The van der Waals surface area contributed by atoms with Crippen LogP contribution in [0.4, 0.5) is 0 Å². The molecule has 1 saturated heterocycles. The Morgan fingerprint density at radius 3 is 2.58 bits per heavy atom. The van der Waals surface area contributed by atoms with Crippen LogP contribution in [-0.4, -0.2) is 57.6 Å². The Morgan fingerprint density at radius 1 is 1.09 bits per heavy atom. The Labute approximate surface area is 200 Å². The van der Waals surface area contributed by atoms with Gasteiger partial charge in [-0.05, 0) is 36.8 Å². The number of aromatic nitrogens is 3. The SMILES string of the molecule is CCc1cc2c(=O)n(CN3CCN(Cc4csc(-c5ccc(OC)cc5)n4)CC3)cnc2s1. The molecular weight excluding hydrogens is 454 g/mol. The fourth-order valence-electron chi connectivity index (χ4n) is 4.06. The van der Waals surface area contributed by atoms with E-state index in [1.165, 1.54) is 4.88 Å². The van der Waals surface area contributed by atoms with Crippen LogP contribution in [0.3, 0.4) is 0 Å². The highest BCUT2D eigenvalue weighted by molar-refractivity contribution is 7.18. The molecule has 4 aromatic rings. The molecule has 7 nitrogen and oxygen atoms in total. The molecule has 4 heterocycles. The number of rotatable bonds is 7. The van der Waals surface area contributed by atoms with E-state index in [2.05, 4.69) is 27.1 Å². The zero-order valence-electron chi connectivity index (χ0n) is 18.9. The molecule has 5 rings (SSSR count). The van der Waals surface area contributed by atoms with Gasteiger partial charge >= 0.3 is 0 Å². The van der Waals surface area contributed by atoms with Crippen molar-refractivity contribution in [2.24, 2.45) is 0 Å². The minimum Gasteiger partial charge on any atom is -0.497 e. The number of benzene rings is 1. The Kier molecular flexibility index (Phi) is 6.55. The monoisotopic (exact) mass is 481 g/mol. The van der Waals surface area contributed by atoms with Crippen LogP contribution in [0, 0.1) is 0 Å². The highest BCUT2D eigenvalue weighted by Gasteiger charge is 2.19. The number of fused-ring (bicyclic) bond motifs is 1. The lowest BCUT2D eigenvalue weighted by molar-refractivity contribution is 0.101. The number of methoxy groups -OCH3 is 1. The molecular formula is C24H27N5O2S2. The van der Waals surface area contributed by atoms with E-state index < -0.39 is 0 Å². The van der Waals surface area contributed by atoms with Gasteiger partial charge in [-0.3, -0.25) is 19.2 Å². The summed E-state index contributed by atoms with van der Waals surface area (Å²) in [5, 5.41) is 3.93. The fourth-order valence-corrected chi connectivity index (χ4v) is 5.81. The molecule has 9 heteroatoms. The largest absolute Gasteiger partial charge is 0.497 e. The number of piperazine rings is 1. The van der Waals surface area contributed by atoms with E-state index in [0.717, 1.165) is 71.4 Å². The molecule has 172 valence electrons. The van der Waals surface area contributed by atoms with Gasteiger partial charge in [0, 0.05) is 48.5 Å². The average molecular weight is 482 g/mol. The van der Waals surface area contributed by atoms with E-state index in [0.29, 0.717) is 6.67 Å². The molecule has 1 aromatic carbocycles. The summed E-state index contributed by atoms with van der Waals surface area (Å²) >= 11 is 3.29. The lowest BCUT2D eigenvalue weighted by atomic mass is 10.2. The van der Waals surface area contributed by atoms with Crippen molar-refractivity contribution < 1.29 is 4.74 Å². The molecule has 1 fully saturated rings. The van der Waals surface area contributed by atoms with Crippen LogP contribution in [-0.2, 0) is 19.6 Å². The van der Waals surface area contributed by atoms with Gasteiger partial charge in [-0.25, -0.2) is 9.97 Å². The maximum Gasteiger partial charge on any atom is 0.263 e. The van der Waals surface area contributed by atoms with Gasteiger partial charge in [0.1, 0.15) is 21.9 Å². The molecule has 0 radical (unpaired) electrons. The first-order valence-corrected chi connectivity index (χ1v) is 12.8. The van der Waals surface area contributed by atoms with Crippen LogP contribution >= 0.6 is 22.7 Å². The summed E-state index contributed by atoms with van der Waals surface area (Å²) in [4.78, 5) is 29.0. The van der Waals surface area contributed by atoms with Crippen LogP contribution < -0.4 is 10.3 Å².